The molecule has 2 rings (SSSR count). The van der Waals surface area contributed by atoms with Crippen LogP contribution in [-0.4, -0.2) is 4.98 Å². The quantitative estimate of drug-likeness (QED) is 0.789. The first kappa shape index (κ1) is 9.16. The number of rotatable bonds is 2. The molecule has 0 aromatic carbocycles. The zero-order valence-electron chi connectivity index (χ0n) is 8.42. The van der Waals surface area contributed by atoms with Crippen LogP contribution in [0.1, 0.15) is 41.8 Å². The van der Waals surface area contributed by atoms with Crippen LogP contribution in [0.3, 0.4) is 0 Å². The Morgan fingerprint density at radius 2 is 2.23 bits per heavy atom. The Labute approximate surface area is 83.2 Å². The van der Waals surface area contributed by atoms with E-state index in [1.165, 1.54) is 16.3 Å². The molecule has 2 N–H and O–H groups in total. The topological polar surface area (TPSA) is 38.9 Å². The summed E-state index contributed by atoms with van der Waals surface area (Å²) in [6.45, 7) is 7.29. The third-order valence-electron chi connectivity index (χ3n) is 2.91. The number of aromatic nitrogens is 1. The van der Waals surface area contributed by atoms with E-state index in [0.717, 1.165) is 5.69 Å². The molecule has 72 valence electrons. The monoisotopic (exact) mass is 196 g/mol. The standard InChI is InChI=1S/C10H16N2S/c1-6-8(5-11)13-9(12-6)7-4-10(7,2)3/h7H,4-5,11H2,1-3H3. The molecule has 0 amide bonds. The van der Waals surface area contributed by atoms with Gasteiger partial charge in [-0.1, -0.05) is 13.8 Å². The van der Waals surface area contributed by atoms with Crippen LogP contribution in [-0.2, 0) is 6.54 Å². The van der Waals surface area contributed by atoms with Gasteiger partial charge in [-0.2, -0.15) is 0 Å². The van der Waals surface area contributed by atoms with Gasteiger partial charge in [-0.15, -0.1) is 11.3 Å². The molecule has 0 bridgehead atoms. The highest BCUT2D eigenvalue weighted by Crippen LogP contribution is 2.59. The molecule has 1 aromatic heterocycles. The number of thiazole rings is 1. The van der Waals surface area contributed by atoms with E-state index in [2.05, 4.69) is 25.8 Å². The molecule has 3 heteroatoms. The molecule has 1 heterocycles. The summed E-state index contributed by atoms with van der Waals surface area (Å²) < 4.78 is 0. The van der Waals surface area contributed by atoms with Gasteiger partial charge in [0.25, 0.3) is 0 Å². The van der Waals surface area contributed by atoms with Gasteiger partial charge in [-0.3, -0.25) is 0 Å². The first-order chi connectivity index (χ1) is 6.04. The lowest BCUT2D eigenvalue weighted by atomic mass is 10.1. The van der Waals surface area contributed by atoms with Gasteiger partial charge in [0.05, 0.1) is 10.7 Å². The Balaban J connectivity index is 2.24. The summed E-state index contributed by atoms with van der Waals surface area (Å²) in [5.74, 6) is 0.691. The first-order valence-corrected chi connectivity index (χ1v) is 5.52. The predicted octanol–water partition coefficient (Wildman–Crippen LogP) is 2.42. The first-order valence-electron chi connectivity index (χ1n) is 4.71. The number of hydrogen-bond donors (Lipinski definition) is 1. The predicted molar refractivity (Wildman–Crippen MR) is 55.9 cm³/mol. The zero-order chi connectivity index (χ0) is 9.64. The molecule has 0 radical (unpaired) electrons. The maximum absolute atomic E-state index is 5.62. The zero-order valence-corrected chi connectivity index (χ0v) is 9.24. The Morgan fingerprint density at radius 3 is 2.62 bits per heavy atom. The third-order valence-corrected chi connectivity index (χ3v) is 4.20. The van der Waals surface area contributed by atoms with Gasteiger partial charge in [-0.25, -0.2) is 4.98 Å². The van der Waals surface area contributed by atoms with Crippen molar-refractivity contribution in [2.24, 2.45) is 11.1 Å². The van der Waals surface area contributed by atoms with Gasteiger partial charge in [0, 0.05) is 17.3 Å². The lowest BCUT2D eigenvalue weighted by molar-refractivity contribution is 0.620. The molecule has 1 aliphatic rings. The van der Waals surface area contributed by atoms with Gasteiger partial charge in [0.15, 0.2) is 0 Å². The van der Waals surface area contributed by atoms with Crippen LogP contribution in [0.4, 0.5) is 0 Å². The molecule has 0 spiro atoms. The Bertz CT molecular complexity index is 328. The van der Waals surface area contributed by atoms with Gasteiger partial charge >= 0.3 is 0 Å². The van der Waals surface area contributed by atoms with E-state index in [4.69, 9.17) is 5.73 Å². The molecule has 1 aliphatic carbocycles. The highest BCUT2D eigenvalue weighted by molar-refractivity contribution is 7.11. The van der Waals surface area contributed by atoms with Gasteiger partial charge in [0.1, 0.15) is 0 Å². The van der Waals surface area contributed by atoms with E-state index in [-0.39, 0.29) is 0 Å². The molecule has 0 aliphatic heterocycles. The van der Waals surface area contributed by atoms with E-state index >= 15 is 0 Å². The molecule has 1 unspecified atom stereocenters. The molecular weight excluding hydrogens is 180 g/mol. The van der Waals surface area contributed by atoms with E-state index in [0.29, 0.717) is 17.9 Å². The number of nitrogens with zero attached hydrogens (tertiary/aromatic N) is 1. The Kier molecular flexibility index (Phi) is 1.96. The van der Waals surface area contributed by atoms with Crippen molar-refractivity contribution in [1.82, 2.24) is 4.98 Å². The van der Waals surface area contributed by atoms with Crippen molar-refractivity contribution in [1.29, 1.82) is 0 Å². The minimum absolute atomic E-state index is 0.482. The molecule has 1 fully saturated rings. The van der Waals surface area contributed by atoms with Crippen molar-refractivity contribution >= 4 is 11.3 Å². The Morgan fingerprint density at radius 1 is 1.62 bits per heavy atom. The second kappa shape index (κ2) is 2.79. The van der Waals surface area contributed by atoms with Crippen molar-refractivity contribution in [3.63, 3.8) is 0 Å². The van der Waals surface area contributed by atoms with Crippen LogP contribution < -0.4 is 5.73 Å². The van der Waals surface area contributed by atoms with Crippen molar-refractivity contribution < 1.29 is 0 Å². The molecular formula is C10H16N2S. The molecule has 1 atom stereocenters. The van der Waals surface area contributed by atoms with Crippen molar-refractivity contribution in [2.45, 2.75) is 39.7 Å². The molecule has 1 saturated carbocycles. The number of nitrogens with two attached hydrogens (primary N) is 1. The highest BCUT2D eigenvalue weighted by atomic mass is 32.1. The van der Waals surface area contributed by atoms with Crippen molar-refractivity contribution in [3.8, 4) is 0 Å². The fourth-order valence-corrected chi connectivity index (χ4v) is 2.93. The van der Waals surface area contributed by atoms with Crippen LogP contribution in [0.5, 0.6) is 0 Å². The summed E-state index contributed by atoms with van der Waals surface area (Å²) in [5.41, 5.74) is 7.23. The maximum atomic E-state index is 5.62. The molecule has 0 saturated heterocycles. The summed E-state index contributed by atoms with van der Waals surface area (Å²) in [6.07, 6.45) is 1.28. The third kappa shape index (κ3) is 1.51. The minimum atomic E-state index is 0.482. The van der Waals surface area contributed by atoms with Crippen molar-refractivity contribution in [2.75, 3.05) is 0 Å². The average molecular weight is 196 g/mol. The largest absolute Gasteiger partial charge is 0.326 e. The molecule has 2 nitrogen and oxygen atoms in total. The average Bonchev–Trinajstić information content (AvgIpc) is 2.55. The normalized spacial score (nSPS) is 24.8. The van der Waals surface area contributed by atoms with E-state index in [1.54, 1.807) is 11.3 Å². The van der Waals surface area contributed by atoms with Crippen LogP contribution in [0.25, 0.3) is 0 Å². The van der Waals surface area contributed by atoms with Crippen LogP contribution in [0.2, 0.25) is 0 Å². The maximum Gasteiger partial charge on any atom is 0.0967 e. The fraction of sp³-hybridized carbons (Fsp3) is 0.700. The van der Waals surface area contributed by atoms with Crippen LogP contribution in [0.15, 0.2) is 0 Å². The summed E-state index contributed by atoms with van der Waals surface area (Å²) in [6, 6.07) is 0. The van der Waals surface area contributed by atoms with E-state index < -0.39 is 0 Å². The van der Waals surface area contributed by atoms with Crippen molar-refractivity contribution in [3.05, 3.63) is 15.6 Å². The summed E-state index contributed by atoms with van der Waals surface area (Å²) in [5, 5.41) is 1.29. The van der Waals surface area contributed by atoms with E-state index in [9.17, 15) is 0 Å². The lowest BCUT2D eigenvalue weighted by Gasteiger charge is -1.97. The number of hydrogen-bond acceptors (Lipinski definition) is 3. The summed E-state index contributed by atoms with van der Waals surface area (Å²) in [4.78, 5) is 5.83. The van der Waals surface area contributed by atoms with Gasteiger partial charge < -0.3 is 5.73 Å². The van der Waals surface area contributed by atoms with Gasteiger partial charge in [0.2, 0.25) is 0 Å². The lowest BCUT2D eigenvalue weighted by Crippen LogP contribution is -1.94. The second-order valence-corrected chi connectivity index (χ2v) is 5.63. The van der Waals surface area contributed by atoms with Crippen LogP contribution in [0, 0.1) is 12.3 Å². The minimum Gasteiger partial charge on any atom is -0.326 e. The molecule has 1 aromatic rings. The van der Waals surface area contributed by atoms with Crippen LogP contribution >= 0.6 is 11.3 Å². The Hall–Kier alpha value is -0.410. The van der Waals surface area contributed by atoms with Gasteiger partial charge in [-0.05, 0) is 18.8 Å². The fourth-order valence-electron chi connectivity index (χ4n) is 1.68. The van der Waals surface area contributed by atoms with E-state index in [1.807, 2.05) is 0 Å². The summed E-state index contributed by atoms with van der Waals surface area (Å²) in [7, 11) is 0. The summed E-state index contributed by atoms with van der Waals surface area (Å²) >= 11 is 1.80. The second-order valence-electron chi connectivity index (χ2n) is 4.51. The SMILES string of the molecule is Cc1nc(C2CC2(C)C)sc1CN. The smallest absolute Gasteiger partial charge is 0.0967 e. The highest BCUT2D eigenvalue weighted by Gasteiger charge is 2.48. The number of aryl methyl sites for hydroxylation is 1. The molecule has 13 heavy (non-hydrogen) atoms.